The maximum absolute atomic E-state index is 12.6. The van der Waals surface area contributed by atoms with E-state index in [2.05, 4.69) is 10.1 Å². The quantitative estimate of drug-likeness (QED) is 0.672. The number of fused-ring (bicyclic) bond motifs is 1. The molecule has 0 amide bonds. The summed E-state index contributed by atoms with van der Waals surface area (Å²) in [5.41, 5.74) is -0.409. The third-order valence-electron chi connectivity index (χ3n) is 2.26. The van der Waals surface area contributed by atoms with Crippen LogP contribution in [0.15, 0.2) is 6.20 Å². The molecule has 0 fully saturated rings. The molecule has 0 saturated carbocycles. The van der Waals surface area contributed by atoms with Gasteiger partial charge in [0.2, 0.25) is 0 Å². The molecule has 0 aliphatic heterocycles. The van der Waals surface area contributed by atoms with Gasteiger partial charge in [0.05, 0.1) is 6.20 Å². The molecule has 0 N–H and O–H groups in total. The van der Waals surface area contributed by atoms with E-state index in [1.165, 1.54) is 17.6 Å². The molecule has 0 atom stereocenters. The van der Waals surface area contributed by atoms with Gasteiger partial charge in [-0.3, -0.25) is 0 Å². The van der Waals surface area contributed by atoms with Gasteiger partial charge in [0, 0.05) is 11.1 Å². The van der Waals surface area contributed by atoms with Crippen molar-refractivity contribution in [3.8, 4) is 0 Å². The van der Waals surface area contributed by atoms with Crippen molar-refractivity contribution < 1.29 is 13.2 Å². The Balaban J connectivity index is 2.87. The van der Waals surface area contributed by atoms with E-state index in [9.17, 15) is 13.2 Å². The number of hydrogen-bond donors (Lipinski definition) is 0. The average molecular weight is 250 g/mol. The first-order valence-corrected chi connectivity index (χ1v) is 4.78. The highest BCUT2D eigenvalue weighted by Gasteiger charge is 2.36. The van der Waals surface area contributed by atoms with Gasteiger partial charge in [-0.25, -0.2) is 9.50 Å². The third kappa shape index (κ3) is 1.53. The van der Waals surface area contributed by atoms with Gasteiger partial charge in [0.25, 0.3) is 0 Å². The smallest absolute Gasteiger partial charge is 0.223 e. The number of hydrogen-bond acceptors (Lipinski definition) is 2. The zero-order valence-electron chi connectivity index (χ0n) is 8.43. The van der Waals surface area contributed by atoms with Crippen LogP contribution in [0.1, 0.15) is 16.8 Å². The minimum atomic E-state index is -4.51. The van der Waals surface area contributed by atoms with E-state index >= 15 is 0 Å². The lowest BCUT2D eigenvalue weighted by Crippen LogP contribution is -2.13. The van der Waals surface area contributed by atoms with Gasteiger partial charge in [-0.2, -0.15) is 18.3 Å². The SMILES string of the molecule is Cc1c(C(F)(F)F)nc2c(C)cnn2c1Cl. The zero-order valence-corrected chi connectivity index (χ0v) is 9.19. The van der Waals surface area contributed by atoms with Crippen LogP contribution in [0.4, 0.5) is 13.2 Å². The molecule has 2 heterocycles. The van der Waals surface area contributed by atoms with E-state index < -0.39 is 11.9 Å². The molecule has 0 aliphatic carbocycles. The van der Waals surface area contributed by atoms with E-state index in [1.807, 2.05) is 0 Å². The van der Waals surface area contributed by atoms with E-state index in [0.29, 0.717) is 5.56 Å². The molecule has 0 aromatic carbocycles. The summed E-state index contributed by atoms with van der Waals surface area (Å²) in [6.45, 7) is 2.90. The Morgan fingerprint density at radius 1 is 1.31 bits per heavy atom. The molecular formula is C9H7ClF3N3. The molecule has 0 bridgehead atoms. The standard InChI is InChI=1S/C9H7ClF3N3/c1-4-3-14-16-7(10)5(2)6(9(11,12)13)15-8(4)16/h3H,1-2H3. The fraction of sp³-hybridized carbons (Fsp3) is 0.333. The number of halogens is 4. The highest BCUT2D eigenvalue weighted by molar-refractivity contribution is 6.30. The molecule has 7 heteroatoms. The lowest BCUT2D eigenvalue weighted by atomic mass is 10.2. The molecule has 2 rings (SSSR count). The summed E-state index contributed by atoms with van der Waals surface area (Å²) in [6, 6.07) is 0. The minimum Gasteiger partial charge on any atom is -0.223 e. The zero-order chi connectivity index (χ0) is 12.1. The molecule has 2 aromatic rings. The molecule has 0 unspecified atom stereocenters. The van der Waals surface area contributed by atoms with Crippen LogP contribution in [-0.4, -0.2) is 14.6 Å². The molecule has 0 saturated heterocycles. The van der Waals surface area contributed by atoms with Gasteiger partial charge in [0.1, 0.15) is 5.15 Å². The maximum atomic E-state index is 12.6. The van der Waals surface area contributed by atoms with Crippen LogP contribution in [0.25, 0.3) is 5.65 Å². The van der Waals surface area contributed by atoms with Crippen LogP contribution in [0.3, 0.4) is 0 Å². The normalized spacial score (nSPS) is 12.4. The Labute approximate surface area is 93.9 Å². The molecule has 0 spiro atoms. The van der Waals surface area contributed by atoms with Crippen LogP contribution in [0.2, 0.25) is 5.15 Å². The minimum absolute atomic E-state index is 0.0644. The summed E-state index contributed by atoms with van der Waals surface area (Å²) >= 11 is 5.81. The number of alkyl halides is 3. The van der Waals surface area contributed by atoms with Crippen LogP contribution >= 0.6 is 11.6 Å². The number of rotatable bonds is 0. The third-order valence-corrected chi connectivity index (χ3v) is 2.70. The number of aryl methyl sites for hydroxylation is 1. The Bertz CT molecular complexity index is 559. The molecule has 86 valence electrons. The van der Waals surface area contributed by atoms with Crippen LogP contribution < -0.4 is 0 Å². The Hall–Kier alpha value is -1.30. The molecule has 0 radical (unpaired) electrons. The second-order valence-corrected chi connectivity index (χ2v) is 3.79. The lowest BCUT2D eigenvalue weighted by molar-refractivity contribution is -0.141. The van der Waals surface area contributed by atoms with Crippen molar-refractivity contribution in [3.63, 3.8) is 0 Å². The predicted molar refractivity (Wildman–Crippen MR) is 52.5 cm³/mol. The molecule has 16 heavy (non-hydrogen) atoms. The highest BCUT2D eigenvalue weighted by atomic mass is 35.5. The Morgan fingerprint density at radius 2 is 1.94 bits per heavy atom. The first-order chi connectivity index (χ1) is 7.32. The Morgan fingerprint density at radius 3 is 2.50 bits per heavy atom. The van der Waals surface area contributed by atoms with E-state index in [-0.39, 0.29) is 16.4 Å². The second kappa shape index (κ2) is 3.35. The monoisotopic (exact) mass is 249 g/mol. The van der Waals surface area contributed by atoms with E-state index in [4.69, 9.17) is 11.6 Å². The average Bonchev–Trinajstić information content (AvgIpc) is 2.52. The Kier molecular flexibility index (Phi) is 2.34. The molecular weight excluding hydrogens is 243 g/mol. The summed E-state index contributed by atoms with van der Waals surface area (Å²) in [4.78, 5) is 3.56. The molecule has 3 nitrogen and oxygen atoms in total. The number of nitrogens with zero attached hydrogens (tertiary/aromatic N) is 3. The topological polar surface area (TPSA) is 30.2 Å². The lowest BCUT2D eigenvalue weighted by Gasteiger charge is -2.11. The van der Waals surface area contributed by atoms with Crippen molar-refractivity contribution in [2.24, 2.45) is 0 Å². The van der Waals surface area contributed by atoms with Gasteiger partial charge >= 0.3 is 6.18 Å². The van der Waals surface area contributed by atoms with Crippen LogP contribution in [0.5, 0.6) is 0 Å². The van der Waals surface area contributed by atoms with Gasteiger partial charge < -0.3 is 0 Å². The van der Waals surface area contributed by atoms with Crippen LogP contribution in [-0.2, 0) is 6.18 Å². The summed E-state index contributed by atoms with van der Waals surface area (Å²) in [5.74, 6) is 0. The van der Waals surface area contributed by atoms with Gasteiger partial charge in [0.15, 0.2) is 11.3 Å². The first kappa shape index (κ1) is 11.2. The maximum Gasteiger partial charge on any atom is 0.433 e. The highest BCUT2D eigenvalue weighted by Crippen LogP contribution is 2.33. The molecule has 0 aliphatic rings. The van der Waals surface area contributed by atoms with Crippen molar-refractivity contribution >= 4 is 17.2 Å². The van der Waals surface area contributed by atoms with Gasteiger partial charge in [-0.15, -0.1) is 0 Å². The second-order valence-electron chi connectivity index (χ2n) is 3.44. The number of aromatic nitrogens is 3. The van der Waals surface area contributed by atoms with Crippen LogP contribution in [0, 0.1) is 13.8 Å². The summed E-state index contributed by atoms with van der Waals surface area (Å²) in [5, 5.41) is 3.79. The summed E-state index contributed by atoms with van der Waals surface area (Å²) in [7, 11) is 0. The summed E-state index contributed by atoms with van der Waals surface area (Å²) in [6.07, 6.45) is -3.08. The van der Waals surface area contributed by atoms with Crippen molar-refractivity contribution in [1.29, 1.82) is 0 Å². The fourth-order valence-corrected chi connectivity index (χ4v) is 1.64. The van der Waals surface area contributed by atoms with E-state index in [0.717, 1.165) is 0 Å². The predicted octanol–water partition coefficient (Wildman–Crippen LogP) is 3.02. The van der Waals surface area contributed by atoms with Crippen molar-refractivity contribution in [2.45, 2.75) is 20.0 Å². The molecule has 2 aromatic heterocycles. The van der Waals surface area contributed by atoms with Crippen molar-refractivity contribution in [3.05, 3.63) is 28.2 Å². The van der Waals surface area contributed by atoms with Gasteiger partial charge in [-0.05, 0) is 13.8 Å². The first-order valence-electron chi connectivity index (χ1n) is 4.40. The largest absolute Gasteiger partial charge is 0.433 e. The van der Waals surface area contributed by atoms with E-state index in [1.54, 1.807) is 6.92 Å². The van der Waals surface area contributed by atoms with Crippen molar-refractivity contribution in [2.75, 3.05) is 0 Å². The van der Waals surface area contributed by atoms with Crippen molar-refractivity contribution in [1.82, 2.24) is 14.6 Å². The fourth-order valence-electron chi connectivity index (χ4n) is 1.43. The van der Waals surface area contributed by atoms with Gasteiger partial charge in [-0.1, -0.05) is 11.6 Å². The summed E-state index contributed by atoms with van der Waals surface area (Å²) < 4.78 is 39.1.